The van der Waals surface area contributed by atoms with Gasteiger partial charge in [-0.25, -0.2) is 34.9 Å². The van der Waals surface area contributed by atoms with Crippen molar-refractivity contribution < 1.29 is 0 Å². The molecule has 0 spiro atoms. The van der Waals surface area contributed by atoms with Crippen LogP contribution in [-0.4, -0.2) is 67.7 Å². The molecule has 0 amide bonds. The van der Waals surface area contributed by atoms with Gasteiger partial charge in [-0.05, 0) is 132 Å². The lowest BCUT2D eigenvalue weighted by molar-refractivity contribution is 0.953. The van der Waals surface area contributed by atoms with Gasteiger partial charge in [-0.2, -0.15) is 9.97 Å². The van der Waals surface area contributed by atoms with E-state index >= 15 is 0 Å². The van der Waals surface area contributed by atoms with Crippen LogP contribution in [-0.2, 0) is 0 Å². The number of thiophene rings is 1. The van der Waals surface area contributed by atoms with E-state index < -0.39 is 0 Å². The van der Waals surface area contributed by atoms with Crippen LogP contribution in [0.2, 0.25) is 0 Å². The van der Waals surface area contributed by atoms with Crippen molar-refractivity contribution in [3.05, 3.63) is 425 Å². The highest BCUT2D eigenvalue weighted by Crippen LogP contribution is 2.47. The zero-order chi connectivity index (χ0) is 85.4. The maximum atomic E-state index is 5.64. The van der Waals surface area contributed by atoms with Gasteiger partial charge >= 0.3 is 0 Å². The standard InChI is InChI=1S/C61H37N7S.C54H33N7/c1-4-18-38(19-5-1)58-64-59(39-20-6-2-7-21-39)66-61(65-58)68-50-31-13-10-26-45(50)49-37-42(34-35-52(49)68)60-62-54(56-55(63-60)48-28-11-14-32-51(48)67(56)43-24-8-3-9-25-43)41-23-16-22-40(36-41)44-29-17-30-47-46-27-12-15-33-53(46)69-57(44)47;1-3-17-34(18-4-1)51-55-43-26-12-7-24-40(43)53(57-51)60-46-29-15-10-23-39(46)42-33-35(31-32-48(42)60)52-56-49-41-25-11-16-30-47(41)59(36-19-5-2-6-20-36)50(49)54(58-52)61-44-27-13-8-21-37(44)38-22-9-14-28-45(38)61/h1-37H;1-33H. The Morgan fingerprint density at radius 3 is 1.12 bits per heavy atom. The molecule has 0 unspecified atom stereocenters. The summed E-state index contributed by atoms with van der Waals surface area (Å²) in [5.41, 5.74) is 23.9. The molecule has 15 heteroatoms. The van der Waals surface area contributed by atoms with E-state index in [0.717, 1.165) is 177 Å². The normalized spacial score (nSPS) is 11.8. The van der Waals surface area contributed by atoms with Crippen molar-refractivity contribution in [2.24, 2.45) is 0 Å². The van der Waals surface area contributed by atoms with Crippen LogP contribution in [0.5, 0.6) is 0 Å². The Labute approximate surface area is 747 Å². The van der Waals surface area contributed by atoms with Crippen LogP contribution in [0.25, 0.3) is 249 Å². The molecule has 27 rings (SSSR count). The Morgan fingerprint density at radius 2 is 0.562 bits per heavy atom. The summed E-state index contributed by atoms with van der Waals surface area (Å²) in [6.45, 7) is 0. The van der Waals surface area contributed by atoms with Crippen LogP contribution >= 0.6 is 11.3 Å². The highest BCUT2D eigenvalue weighted by molar-refractivity contribution is 7.26. The molecule has 0 N–H and O–H groups in total. The van der Waals surface area contributed by atoms with Gasteiger partial charge in [0, 0.05) is 113 Å². The lowest BCUT2D eigenvalue weighted by Gasteiger charge is -2.14. The summed E-state index contributed by atoms with van der Waals surface area (Å²) in [4.78, 5) is 47.9. The highest BCUT2D eigenvalue weighted by atomic mass is 32.1. The maximum absolute atomic E-state index is 5.64. The molecule has 0 aliphatic rings. The third kappa shape index (κ3) is 12.0. The summed E-state index contributed by atoms with van der Waals surface area (Å²) >= 11 is 1.85. The Hall–Kier alpha value is -17.5. The number of rotatable bonds is 12. The molecule has 130 heavy (non-hydrogen) atoms. The summed E-state index contributed by atoms with van der Waals surface area (Å²) in [6, 6.07) is 148. The second-order valence-corrected chi connectivity index (χ2v) is 33.8. The number of nitrogens with zero attached hydrogens (tertiary/aromatic N) is 14. The van der Waals surface area contributed by atoms with Gasteiger partial charge in [0.05, 0.1) is 60.9 Å². The molecule has 0 aliphatic heterocycles. The number of benzene rings is 17. The molecule has 0 saturated carbocycles. The predicted molar refractivity (Wildman–Crippen MR) is 533 cm³/mol. The van der Waals surface area contributed by atoms with E-state index in [4.69, 9.17) is 44.9 Å². The van der Waals surface area contributed by atoms with Crippen molar-refractivity contribution in [1.82, 2.24) is 67.7 Å². The predicted octanol–water partition coefficient (Wildman–Crippen LogP) is 28.6. The number of para-hydroxylation sites is 9. The van der Waals surface area contributed by atoms with E-state index in [2.05, 4.69) is 363 Å². The lowest BCUT2D eigenvalue weighted by Crippen LogP contribution is -2.06. The molecule has 0 radical (unpaired) electrons. The van der Waals surface area contributed by atoms with Crippen molar-refractivity contribution >= 4 is 152 Å². The number of hydrogen-bond donors (Lipinski definition) is 0. The third-order valence-electron chi connectivity index (χ3n) is 25.2. The molecule has 0 saturated heterocycles. The molecule has 0 aliphatic carbocycles. The SMILES string of the molecule is c1ccc(-c2nc(-c3ccccc3)nc(-n3c4ccccc4c4cc(-c5nc(-c6cccc(-c7cccc8c7sc7ccccc78)c6)c6c(n5)c5ccccc5n6-c5ccccc5)ccc43)n2)cc1.c1ccc(-c2nc(-n3c4ccccc4c4cc(-c5nc(-n6c7ccccc7c7ccccc76)c6c(n5)c5ccccc5n6-c5ccccc5)ccc43)c3ccccc3n2)cc1. The molecule has 0 fully saturated rings. The number of hydrogen-bond acceptors (Lipinski definition) is 10. The molecular weight excluding hydrogens is 1610 g/mol. The first-order valence-electron chi connectivity index (χ1n) is 43.5. The van der Waals surface area contributed by atoms with Crippen molar-refractivity contribution in [2.75, 3.05) is 0 Å². The summed E-state index contributed by atoms with van der Waals surface area (Å²) in [6.07, 6.45) is 0. The summed E-state index contributed by atoms with van der Waals surface area (Å²) < 4.78 is 14.0. The first-order valence-corrected chi connectivity index (χ1v) is 44.3. The topological polar surface area (TPSA) is 141 Å². The summed E-state index contributed by atoms with van der Waals surface area (Å²) in [5.74, 6) is 5.39. The molecular formula is C115H70N14S. The number of aromatic nitrogens is 14. The van der Waals surface area contributed by atoms with Crippen molar-refractivity contribution in [1.29, 1.82) is 0 Å². The fourth-order valence-electron chi connectivity index (χ4n) is 19.4. The van der Waals surface area contributed by atoms with Gasteiger partial charge in [0.15, 0.2) is 34.9 Å². The van der Waals surface area contributed by atoms with Crippen LogP contribution in [0.1, 0.15) is 0 Å². The zero-order valence-corrected chi connectivity index (χ0v) is 70.4. The van der Waals surface area contributed by atoms with Crippen LogP contribution in [0.4, 0.5) is 0 Å². The second kappa shape index (κ2) is 30.1. The van der Waals surface area contributed by atoms with Gasteiger partial charge < -0.3 is 9.13 Å². The van der Waals surface area contributed by atoms with E-state index in [1.807, 2.05) is 96.3 Å². The van der Waals surface area contributed by atoms with E-state index in [0.29, 0.717) is 35.1 Å². The van der Waals surface area contributed by atoms with Crippen molar-refractivity contribution in [2.45, 2.75) is 0 Å². The number of fused-ring (bicyclic) bond motifs is 19. The summed E-state index contributed by atoms with van der Waals surface area (Å²) in [7, 11) is 0. The van der Waals surface area contributed by atoms with Crippen LogP contribution < -0.4 is 0 Å². The maximum Gasteiger partial charge on any atom is 0.238 e. The third-order valence-corrected chi connectivity index (χ3v) is 26.5. The van der Waals surface area contributed by atoms with Crippen LogP contribution in [0, 0.1) is 0 Å². The Bertz CT molecular complexity index is 9150. The van der Waals surface area contributed by atoms with Gasteiger partial charge in [0.1, 0.15) is 22.4 Å². The minimum atomic E-state index is 0.543. The fraction of sp³-hybridized carbons (Fsp3) is 0. The van der Waals surface area contributed by atoms with E-state index in [1.54, 1.807) is 0 Å². The Kier molecular flexibility index (Phi) is 17.1. The van der Waals surface area contributed by atoms with Gasteiger partial charge in [-0.15, -0.1) is 11.3 Å². The van der Waals surface area contributed by atoms with Gasteiger partial charge in [0.2, 0.25) is 5.95 Å². The molecule has 0 bridgehead atoms. The second-order valence-electron chi connectivity index (χ2n) is 32.7. The van der Waals surface area contributed by atoms with Crippen molar-refractivity contribution in [3.8, 4) is 108 Å². The van der Waals surface area contributed by atoms with Crippen LogP contribution in [0.3, 0.4) is 0 Å². The van der Waals surface area contributed by atoms with E-state index in [-0.39, 0.29) is 0 Å². The molecule has 27 aromatic rings. The average Bonchev–Trinajstić information content (AvgIpc) is 1.53. The zero-order valence-electron chi connectivity index (χ0n) is 69.6. The Balaban J connectivity index is 0.000000138. The fourth-order valence-corrected chi connectivity index (χ4v) is 20.7. The monoisotopic (exact) mass is 1680 g/mol. The molecule has 10 aromatic heterocycles. The van der Waals surface area contributed by atoms with Gasteiger partial charge in [-0.1, -0.05) is 303 Å². The van der Waals surface area contributed by atoms with Gasteiger partial charge in [0.25, 0.3) is 0 Å². The largest absolute Gasteiger partial charge is 0.306 e. The van der Waals surface area contributed by atoms with E-state index in [9.17, 15) is 0 Å². The molecule has 606 valence electrons. The Morgan fingerprint density at radius 1 is 0.192 bits per heavy atom. The first-order chi connectivity index (χ1) is 64.5. The smallest absolute Gasteiger partial charge is 0.238 e. The molecule has 0 atom stereocenters. The average molecular weight is 1680 g/mol. The minimum Gasteiger partial charge on any atom is -0.306 e. The molecule has 17 aromatic carbocycles. The van der Waals surface area contributed by atoms with Crippen molar-refractivity contribution in [3.63, 3.8) is 0 Å². The lowest BCUT2D eigenvalue weighted by atomic mass is 9.99. The minimum absolute atomic E-state index is 0.543. The first kappa shape index (κ1) is 73.9. The summed E-state index contributed by atoms with van der Waals surface area (Å²) in [5, 5.41) is 12.3. The highest BCUT2D eigenvalue weighted by Gasteiger charge is 2.29. The van der Waals surface area contributed by atoms with E-state index in [1.165, 1.54) is 36.5 Å². The molecule has 10 heterocycles. The quantitative estimate of drug-likeness (QED) is 0.117. The van der Waals surface area contributed by atoms with Crippen LogP contribution in [0.15, 0.2) is 425 Å². The van der Waals surface area contributed by atoms with Gasteiger partial charge in [-0.3, -0.25) is 13.7 Å². The molecule has 14 nitrogen and oxygen atoms in total.